The third-order valence-electron chi connectivity index (χ3n) is 3.86. The predicted molar refractivity (Wildman–Crippen MR) is 72.9 cm³/mol. The molecule has 2 saturated heterocycles. The molecule has 19 heavy (non-hydrogen) atoms. The summed E-state index contributed by atoms with van der Waals surface area (Å²) >= 11 is 0. The lowest BCUT2D eigenvalue weighted by Crippen LogP contribution is -2.53. The summed E-state index contributed by atoms with van der Waals surface area (Å²) in [6.45, 7) is 7.80. The normalized spacial score (nSPS) is 27.4. The molecule has 0 aromatic carbocycles. The van der Waals surface area contributed by atoms with Crippen LogP contribution in [0.2, 0.25) is 0 Å². The topological polar surface area (TPSA) is 64.8 Å². The number of nitrogens with two attached hydrogens (primary N) is 1. The fraction of sp³-hybridized carbons (Fsp3) is 0.929. The van der Waals surface area contributed by atoms with Crippen molar-refractivity contribution in [3.05, 3.63) is 0 Å². The molecule has 2 heterocycles. The van der Waals surface area contributed by atoms with E-state index in [9.17, 15) is 4.79 Å². The zero-order chi connectivity index (χ0) is 14.1. The van der Waals surface area contributed by atoms with Crippen LogP contribution in [0.15, 0.2) is 0 Å². The van der Waals surface area contributed by atoms with Gasteiger partial charge in [-0.05, 0) is 46.5 Å². The second-order valence-electron chi connectivity index (χ2n) is 6.75. The molecule has 1 atom stereocenters. The number of amides is 1. The quantitative estimate of drug-likeness (QED) is 0.730. The fourth-order valence-electron chi connectivity index (χ4n) is 2.84. The van der Waals surface area contributed by atoms with Gasteiger partial charge in [-0.15, -0.1) is 0 Å². The number of ether oxygens (including phenoxy) is 2. The molecule has 2 rings (SSSR count). The molecule has 0 radical (unpaired) electrons. The average molecular weight is 270 g/mol. The van der Waals surface area contributed by atoms with Crippen LogP contribution in [-0.2, 0) is 9.47 Å². The minimum atomic E-state index is -0.435. The SMILES string of the molecule is CC(C)(C)OC(=O)N1CCC2(CC1)CC(N)CCO2. The number of likely N-dealkylation sites (tertiary alicyclic amines) is 1. The third-order valence-corrected chi connectivity index (χ3v) is 3.86. The third kappa shape index (κ3) is 3.83. The maximum absolute atomic E-state index is 12.0. The van der Waals surface area contributed by atoms with E-state index in [1.807, 2.05) is 20.8 Å². The van der Waals surface area contributed by atoms with Crippen LogP contribution < -0.4 is 5.73 Å². The molecule has 5 nitrogen and oxygen atoms in total. The van der Waals surface area contributed by atoms with Gasteiger partial charge in [-0.2, -0.15) is 0 Å². The van der Waals surface area contributed by atoms with E-state index in [4.69, 9.17) is 15.2 Å². The lowest BCUT2D eigenvalue weighted by Gasteiger charge is -2.45. The summed E-state index contributed by atoms with van der Waals surface area (Å²) in [6, 6.07) is 0.238. The molecule has 1 unspecified atom stereocenters. The number of carbonyl (C=O) groups excluding carboxylic acids is 1. The Morgan fingerprint density at radius 2 is 2.00 bits per heavy atom. The maximum atomic E-state index is 12.0. The van der Waals surface area contributed by atoms with E-state index < -0.39 is 5.60 Å². The number of carbonyl (C=O) groups is 1. The average Bonchev–Trinajstić information content (AvgIpc) is 2.27. The largest absolute Gasteiger partial charge is 0.444 e. The molecule has 2 aliphatic rings. The Kier molecular flexibility index (Phi) is 4.06. The number of rotatable bonds is 0. The Balaban J connectivity index is 1.87. The Hall–Kier alpha value is -0.810. The first-order valence-corrected chi connectivity index (χ1v) is 7.17. The molecule has 2 aliphatic heterocycles. The van der Waals surface area contributed by atoms with Gasteiger partial charge in [0.1, 0.15) is 5.60 Å². The van der Waals surface area contributed by atoms with Crippen LogP contribution in [0.5, 0.6) is 0 Å². The molecule has 2 N–H and O–H groups in total. The Labute approximate surface area is 115 Å². The van der Waals surface area contributed by atoms with Gasteiger partial charge in [-0.1, -0.05) is 0 Å². The van der Waals surface area contributed by atoms with E-state index >= 15 is 0 Å². The van der Waals surface area contributed by atoms with Gasteiger partial charge in [0.25, 0.3) is 0 Å². The van der Waals surface area contributed by atoms with Crippen molar-refractivity contribution in [1.29, 1.82) is 0 Å². The molecule has 1 spiro atoms. The molecule has 0 aromatic rings. The molecule has 0 saturated carbocycles. The van der Waals surface area contributed by atoms with Crippen LogP contribution in [-0.4, -0.2) is 47.9 Å². The summed E-state index contributed by atoms with van der Waals surface area (Å²) in [5.41, 5.74) is 5.50. The van der Waals surface area contributed by atoms with Gasteiger partial charge in [-0.25, -0.2) is 4.79 Å². The summed E-state index contributed by atoms with van der Waals surface area (Å²) in [5, 5.41) is 0. The van der Waals surface area contributed by atoms with Crippen LogP contribution in [0.4, 0.5) is 4.79 Å². The molecule has 0 aliphatic carbocycles. The molecular weight excluding hydrogens is 244 g/mol. The summed E-state index contributed by atoms with van der Waals surface area (Å²) < 4.78 is 11.3. The molecule has 1 amide bonds. The van der Waals surface area contributed by atoms with Crippen LogP contribution >= 0.6 is 0 Å². The van der Waals surface area contributed by atoms with Crippen molar-refractivity contribution in [2.45, 2.75) is 63.7 Å². The fourth-order valence-corrected chi connectivity index (χ4v) is 2.84. The highest BCUT2D eigenvalue weighted by molar-refractivity contribution is 5.68. The van der Waals surface area contributed by atoms with Crippen LogP contribution in [0.3, 0.4) is 0 Å². The molecule has 5 heteroatoms. The maximum Gasteiger partial charge on any atom is 0.410 e. The minimum absolute atomic E-state index is 0.101. The van der Waals surface area contributed by atoms with Gasteiger partial charge in [0.2, 0.25) is 0 Å². The molecule has 0 bridgehead atoms. The van der Waals surface area contributed by atoms with E-state index in [0.29, 0.717) is 13.1 Å². The molecule has 110 valence electrons. The summed E-state index contributed by atoms with van der Waals surface area (Å²) in [6.07, 6.45) is 3.36. The standard InChI is InChI=1S/C14H26N2O3/c1-13(2,3)19-12(17)16-7-5-14(6-8-16)10-11(15)4-9-18-14/h11H,4-10,15H2,1-3H3. The highest BCUT2D eigenvalue weighted by Gasteiger charge is 2.40. The number of piperidine rings is 1. The first kappa shape index (κ1) is 14.6. The van der Waals surface area contributed by atoms with E-state index in [2.05, 4.69) is 0 Å². The van der Waals surface area contributed by atoms with Gasteiger partial charge in [0.05, 0.1) is 5.60 Å². The molecule has 0 aromatic heterocycles. The smallest absolute Gasteiger partial charge is 0.410 e. The Bertz CT molecular complexity index is 330. The minimum Gasteiger partial charge on any atom is -0.444 e. The number of hydrogen-bond donors (Lipinski definition) is 1. The molecule has 2 fully saturated rings. The lowest BCUT2D eigenvalue weighted by molar-refractivity contribution is -0.115. The Morgan fingerprint density at radius 1 is 1.37 bits per heavy atom. The van der Waals surface area contributed by atoms with E-state index in [0.717, 1.165) is 32.3 Å². The van der Waals surface area contributed by atoms with Crippen molar-refractivity contribution in [3.8, 4) is 0 Å². The van der Waals surface area contributed by atoms with Gasteiger partial charge in [0, 0.05) is 25.7 Å². The van der Waals surface area contributed by atoms with Crippen LogP contribution in [0.25, 0.3) is 0 Å². The van der Waals surface area contributed by atoms with Crippen molar-refractivity contribution in [2.24, 2.45) is 5.73 Å². The second kappa shape index (κ2) is 5.29. The number of nitrogens with zero attached hydrogens (tertiary/aromatic N) is 1. The van der Waals surface area contributed by atoms with Crippen molar-refractivity contribution >= 4 is 6.09 Å². The zero-order valence-electron chi connectivity index (χ0n) is 12.3. The van der Waals surface area contributed by atoms with E-state index in [-0.39, 0.29) is 17.7 Å². The summed E-state index contributed by atoms with van der Waals surface area (Å²) in [5.74, 6) is 0. The van der Waals surface area contributed by atoms with Crippen molar-refractivity contribution in [1.82, 2.24) is 4.90 Å². The Morgan fingerprint density at radius 3 is 2.53 bits per heavy atom. The highest BCUT2D eigenvalue weighted by atomic mass is 16.6. The first-order valence-electron chi connectivity index (χ1n) is 7.17. The monoisotopic (exact) mass is 270 g/mol. The first-order chi connectivity index (χ1) is 8.80. The summed E-state index contributed by atoms with van der Waals surface area (Å²) in [7, 11) is 0. The van der Waals surface area contributed by atoms with Gasteiger partial charge in [0.15, 0.2) is 0 Å². The zero-order valence-corrected chi connectivity index (χ0v) is 12.3. The van der Waals surface area contributed by atoms with Gasteiger partial charge < -0.3 is 20.1 Å². The lowest BCUT2D eigenvalue weighted by atomic mass is 9.83. The van der Waals surface area contributed by atoms with E-state index in [1.54, 1.807) is 4.90 Å². The molecular formula is C14H26N2O3. The summed E-state index contributed by atoms with van der Waals surface area (Å²) in [4.78, 5) is 13.8. The van der Waals surface area contributed by atoms with Crippen molar-refractivity contribution in [2.75, 3.05) is 19.7 Å². The predicted octanol–water partition coefficient (Wildman–Crippen LogP) is 1.89. The van der Waals surface area contributed by atoms with E-state index in [1.165, 1.54) is 0 Å². The van der Waals surface area contributed by atoms with Gasteiger partial charge in [-0.3, -0.25) is 0 Å². The van der Waals surface area contributed by atoms with Crippen LogP contribution in [0.1, 0.15) is 46.5 Å². The second-order valence-corrected chi connectivity index (χ2v) is 6.75. The number of hydrogen-bond acceptors (Lipinski definition) is 4. The van der Waals surface area contributed by atoms with Crippen molar-refractivity contribution in [3.63, 3.8) is 0 Å². The van der Waals surface area contributed by atoms with Crippen molar-refractivity contribution < 1.29 is 14.3 Å². The van der Waals surface area contributed by atoms with Gasteiger partial charge >= 0.3 is 6.09 Å². The highest BCUT2D eigenvalue weighted by Crippen LogP contribution is 2.34. The van der Waals surface area contributed by atoms with Crippen LogP contribution in [0, 0.1) is 0 Å².